The Balaban J connectivity index is 2.19. The van der Waals surface area contributed by atoms with E-state index in [2.05, 4.69) is 6.92 Å². The summed E-state index contributed by atoms with van der Waals surface area (Å²) in [6.45, 7) is 6.15. The lowest BCUT2D eigenvalue weighted by Gasteiger charge is -2.10. The smallest absolute Gasteiger partial charge is 0.311 e. The topological polar surface area (TPSA) is 26.3 Å². The molecule has 0 aromatic carbocycles. The van der Waals surface area contributed by atoms with Crippen molar-refractivity contribution in [2.75, 3.05) is 0 Å². The summed E-state index contributed by atoms with van der Waals surface area (Å²) in [6.07, 6.45) is 7.16. The molecule has 82 valence electrons. The van der Waals surface area contributed by atoms with Gasteiger partial charge < -0.3 is 4.74 Å². The number of carbonyl (C=O) groups is 1. The van der Waals surface area contributed by atoms with Gasteiger partial charge in [0.2, 0.25) is 0 Å². The zero-order chi connectivity index (χ0) is 10.6. The number of unbranched alkanes of at least 4 members (excludes halogenated alkanes) is 3. The fourth-order valence-electron chi connectivity index (χ4n) is 1.96. The first-order valence-electron chi connectivity index (χ1n) is 5.77. The van der Waals surface area contributed by atoms with Crippen LogP contribution in [-0.4, -0.2) is 12.1 Å². The van der Waals surface area contributed by atoms with Crippen molar-refractivity contribution in [3.05, 3.63) is 0 Å². The van der Waals surface area contributed by atoms with Gasteiger partial charge in [-0.3, -0.25) is 4.79 Å². The van der Waals surface area contributed by atoms with Crippen molar-refractivity contribution in [3.8, 4) is 0 Å². The van der Waals surface area contributed by atoms with Gasteiger partial charge >= 0.3 is 5.97 Å². The summed E-state index contributed by atoms with van der Waals surface area (Å²) in [5.41, 5.74) is -0.241. The molecule has 1 saturated heterocycles. The van der Waals surface area contributed by atoms with E-state index in [0.717, 1.165) is 12.8 Å². The zero-order valence-electron chi connectivity index (χ0n) is 9.64. The summed E-state index contributed by atoms with van der Waals surface area (Å²) in [6, 6.07) is 0. The molecule has 1 rings (SSSR count). The van der Waals surface area contributed by atoms with E-state index in [9.17, 15) is 4.79 Å². The maximum absolute atomic E-state index is 11.4. The van der Waals surface area contributed by atoms with Crippen molar-refractivity contribution in [3.63, 3.8) is 0 Å². The van der Waals surface area contributed by atoms with Crippen LogP contribution in [0.1, 0.15) is 59.3 Å². The predicted molar refractivity (Wildman–Crippen MR) is 57.0 cm³/mol. The van der Waals surface area contributed by atoms with Gasteiger partial charge in [0.05, 0.1) is 5.41 Å². The summed E-state index contributed by atoms with van der Waals surface area (Å²) >= 11 is 0. The molecule has 14 heavy (non-hydrogen) atoms. The number of rotatable bonds is 5. The molecule has 1 atom stereocenters. The van der Waals surface area contributed by atoms with Crippen LogP contribution in [0.5, 0.6) is 0 Å². The summed E-state index contributed by atoms with van der Waals surface area (Å²) in [5.74, 6) is -0.0157. The van der Waals surface area contributed by atoms with Crippen molar-refractivity contribution in [2.45, 2.75) is 65.4 Å². The Morgan fingerprint density at radius 1 is 1.36 bits per heavy atom. The highest BCUT2D eigenvalue weighted by molar-refractivity contribution is 5.78. The molecule has 0 saturated carbocycles. The van der Waals surface area contributed by atoms with Crippen LogP contribution in [0.15, 0.2) is 0 Å². The Hall–Kier alpha value is -0.530. The number of hydrogen-bond acceptors (Lipinski definition) is 2. The first kappa shape index (κ1) is 11.5. The van der Waals surface area contributed by atoms with Crippen LogP contribution in [0.3, 0.4) is 0 Å². The van der Waals surface area contributed by atoms with Crippen LogP contribution in [0.25, 0.3) is 0 Å². The molecule has 0 N–H and O–H groups in total. The summed E-state index contributed by atoms with van der Waals surface area (Å²) in [5, 5.41) is 0. The lowest BCUT2D eigenvalue weighted by atomic mass is 9.88. The van der Waals surface area contributed by atoms with Crippen LogP contribution in [0.4, 0.5) is 0 Å². The quantitative estimate of drug-likeness (QED) is 0.500. The number of esters is 1. The third-order valence-electron chi connectivity index (χ3n) is 2.94. The number of cyclic esters (lactones) is 1. The minimum absolute atomic E-state index is 0.0157. The molecule has 2 nitrogen and oxygen atoms in total. The molecule has 1 aliphatic rings. The van der Waals surface area contributed by atoms with Crippen LogP contribution in [0.2, 0.25) is 0 Å². The molecule has 1 heterocycles. The van der Waals surface area contributed by atoms with Crippen LogP contribution >= 0.6 is 0 Å². The van der Waals surface area contributed by atoms with Gasteiger partial charge in [-0.15, -0.1) is 0 Å². The van der Waals surface area contributed by atoms with E-state index < -0.39 is 0 Å². The summed E-state index contributed by atoms with van der Waals surface area (Å²) in [7, 11) is 0. The normalized spacial score (nSPS) is 25.1. The molecule has 0 aromatic rings. The molecule has 2 heteroatoms. The number of hydrogen-bond donors (Lipinski definition) is 0. The molecular formula is C12H22O2. The average Bonchev–Trinajstić information content (AvgIpc) is 2.35. The van der Waals surface area contributed by atoms with Crippen LogP contribution in [-0.2, 0) is 9.53 Å². The second kappa shape index (κ2) is 4.81. The van der Waals surface area contributed by atoms with Gasteiger partial charge in [0, 0.05) is 0 Å². The van der Waals surface area contributed by atoms with E-state index in [-0.39, 0.29) is 17.5 Å². The highest BCUT2D eigenvalue weighted by atomic mass is 16.6. The second-order valence-electron chi connectivity index (χ2n) is 4.96. The van der Waals surface area contributed by atoms with Crippen molar-refractivity contribution < 1.29 is 9.53 Å². The van der Waals surface area contributed by atoms with Gasteiger partial charge in [0.1, 0.15) is 6.10 Å². The van der Waals surface area contributed by atoms with Crippen molar-refractivity contribution in [1.82, 2.24) is 0 Å². The lowest BCUT2D eigenvalue weighted by molar-refractivity contribution is -0.147. The van der Waals surface area contributed by atoms with Crippen LogP contribution in [0, 0.1) is 5.41 Å². The maximum atomic E-state index is 11.4. The summed E-state index contributed by atoms with van der Waals surface area (Å²) in [4.78, 5) is 11.4. The first-order valence-corrected chi connectivity index (χ1v) is 5.77. The van der Waals surface area contributed by atoms with Crippen LogP contribution < -0.4 is 0 Å². The predicted octanol–water partition coefficient (Wildman–Crippen LogP) is 3.30. The van der Waals surface area contributed by atoms with E-state index in [1.807, 2.05) is 13.8 Å². The highest BCUT2D eigenvalue weighted by Crippen LogP contribution is 2.34. The minimum Gasteiger partial charge on any atom is -0.462 e. The molecule has 0 radical (unpaired) electrons. The van der Waals surface area contributed by atoms with Gasteiger partial charge in [0.15, 0.2) is 0 Å². The lowest BCUT2D eigenvalue weighted by Crippen LogP contribution is -2.16. The third-order valence-corrected chi connectivity index (χ3v) is 2.94. The molecule has 0 aromatic heterocycles. The van der Waals surface area contributed by atoms with E-state index in [1.165, 1.54) is 25.7 Å². The zero-order valence-corrected chi connectivity index (χ0v) is 9.64. The monoisotopic (exact) mass is 198 g/mol. The number of carbonyl (C=O) groups excluding carboxylic acids is 1. The van der Waals surface area contributed by atoms with Gasteiger partial charge in [0.25, 0.3) is 0 Å². The molecule has 0 bridgehead atoms. The number of ether oxygens (including phenoxy) is 1. The van der Waals surface area contributed by atoms with E-state index in [0.29, 0.717) is 0 Å². The fraction of sp³-hybridized carbons (Fsp3) is 0.917. The average molecular weight is 198 g/mol. The van der Waals surface area contributed by atoms with Gasteiger partial charge in [-0.2, -0.15) is 0 Å². The van der Waals surface area contributed by atoms with Crippen molar-refractivity contribution in [1.29, 1.82) is 0 Å². The fourth-order valence-corrected chi connectivity index (χ4v) is 1.96. The Morgan fingerprint density at radius 2 is 2.07 bits per heavy atom. The Kier molecular flexibility index (Phi) is 3.97. The van der Waals surface area contributed by atoms with E-state index >= 15 is 0 Å². The molecule has 0 amide bonds. The minimum atomic E-state index is -0.241. The largest absolute Gasteiger partial charge is 0.462 e. The molecule has 0 spiro atoms. The molecular weight excluding hydrogens is 176 g/mol. The maximum Gasteiger partial charge on any atom is 0.311 e. The third kappa shape index (κ3) is 3.00. The molecule has 1 unspecified atom stereocenters. The molecule has 1 fully saturated rings. The van der Waals surface area contributed by atoms with Gasteiger partial charge in [-0.05, 0) is 33.1 Å². The van der Waals surface area contributed by atoms with Gasteiger partial charge in [-0.25, -0.2) is 0 Å². The Bertz CT molecular complexity index is 196. The molecule has 1 aliphatic heterocycles. The SMILES string of the molecule is CCCCCCC1CC(C)(C)C(=O)O1. The molecule has 0 aliphatic carbocycles. The standard InChI is InChI=1S/C12H22O2/c1-4-5-6-7-8-10-9-12(2,3)11(13)14-10/h10H,4-9H2,1-3H3. The second-order valence-corrected chi connectivity index (χ2v) is 4.96. The van der Waals surface area contributed by atoms with Crippen molar-refractivity contribution >= 4 is 5.97 Å². The Morgan fingerprint density at radius 3 is 2.57 bits per heavy atom. The summed E-state index contributed by atoms with van der Waals surface area (Å²) < 4.78 is 5.32. The van der Waals surface area contributed by atoms with E-state index in [1.54, 1.807) is 0 Å². The highest BCUT2D eigenvalue weighted by Gasteiger charge is 2.40. The van der Waals surface area contributed by atoms with Gasteiger partial charge in [-0.1, -0.05) is 26.2 Å². The first-order chi connectivity index (χ1) is 6.56. The Labute approximate surface area is 87.0 Å². The van der Waals surface area contributed by atoms with Crippen molar-refractivity contribution in [2.24, 2.45) is 5.41 Å². The van der Waals surface area contributed by atoms with E-state index in [4.69, 9.17) is 4.74 Å².